The number of amides is 1. The normalized spacial score (nSPS) is 22.8. The van der Waals surface area contributed by atoms with E-state index in [1.54, 1.807) is 18.7 Å². The summed E-state index contributed by atoms with van der Waals surface area (Å²) in [6.45, 7) is 6.38. The van der Waals surface area contributed by atoms with Gasteiger partial charge in [-0.1, -0.05) is 0 Å². The Labute approximate surface area is 188 Å². The number of hydrogen-bond donors (Lipinski definition) is 1. The minimum Gasteiger partial charge on any atom is -0.449 e. The van der Waals surface area contributed by atoms with Crippen molar-refractivity contribution in [3.63, 3.8) is 0 Å². The van der Waals surface area contributed by atoms with Gasteiger partial charge >= 0.3 is 0 Å². The Kier molecular flexibility index (Phi) is 5.89. The van der Waals surface area contributed by atoms with Crippen molar-refractivity contribution in [1.29, 1.82) is 0 Å². The van der Waals surface area contributed by atoms with E-state index in [0.717, 1.165) is 74.0 Å². The largest absolute Gasteiger partial charge is 0.449 e. The Morgan fingerprint density at radius 2 is 1.84 bits per heavy atom. The fourth-order valence-corrected chi connectivity index (χ4v) is 4.85. The zero-order valence-corrected chi connectivity index (χ0v) is 18.8. The smallest absolute Gasteiger partial charge is 0.228 e. The van der Waals surface area contributed by atoms with Gasteiger partial charge in [0.05, 0.1) is 11.7 Å². The van der Waals surface area contributed by atoms with Crippen molar-refractivity contribution in [2.45, 2.75) is 38.6 Å². The van der Waals surface area contributed by atoms with Crippen molar-refractivity contribution in [2.75, 3.05) is 38.5 Å². The lowest BCUT2D eigenvalue weighted by Gasteiger charge is -2.40. The monoisotopic (exact) mass is 434 g/mol. The van der Waals surface area contributed by atoms with Crippen molar-refractivity contribution in [2.24, 2.45) is 5.92 Å². The molecular formula is C24H30N6O2. The molecule has 5 rings (SSSR count). The van der Waals surface area contributed by atoms with Crippen LogP contribution in [0, 0.1) is 12.8 Å². The lowest BCUT2D eigenvalue weighted by atomic mass is 9.84. The van der Waals surface area contributed by atoms with E-state index in [-0.39, 0.29) is 11.8 Å². The van der Waals surface area contributed by atoms with Gasteiger partial charge in [0.15, 0.2) is 5.89 Å². The Hall–Kier alpha value is -2.84. The van der Waals surface area contributed by atoms with Gasteiger partial charge in [-0.2, -0.15) is 0 Å². The van der Waals surface area contributed by atoms with Crippen LogP contribution in [0.4, 0.5) is 5.82 Å². The van der Waals surface area contributed by atoms with Crippen LogP contribution < -0.4 is 5.32 Å². The summed E-state index contributed by atoms with van der Waals surface area (Å²) in [7, 11) is 2.19. The second-order valence-corrected chi connectivity index (χ2v) is 9.07. The van der Waals surface area contributed by atoms with Gasteiger partial charge in [-0.15, -0.1) is 0 Å². The van der Waals surface area contributed by atoms with Crippen LogP contribution in [0.15, 0.2) is 35.2 Å². The van der Waals surface area contributed by atoms with Crippen LogP contribution in [-0.2, 0) is 4.79 Å². The molecule has 1 aliphatic heterocycles. The summed E-state index contributed by atoms with van der Waals surface area (Å²) in [6, 6.07) is 4.50. The highest BCUT2D eigenvalue weighted by Gasteiger charge is 2.30. The van der Waals surface area contributed by atoms with Crippen LogP contribution in [0.25, 0.3) is 22.2 Å². The Morgan fingerprint density at radius 1 is 1.06 bits per heavy atom. The highest BCUT2D eigenvalue weighted by Crippen LogP contribution is 2.29. The second kappa shape index (κ2) is 8.96. The second-order valence-electron chi connectivity index (χ2n) is 9.07. The topological polar surface area (TPSA) is 87.4 Å². The van der Waals surface area contributed by atoms with Crippen molar-refractivity contribution < 1.29 is 9.21 Å². The summed E-state index contributed by atoms with van der Waals surface area (Å²) < 4.78 is 5.31. The Morgan fingerprint density at radius 3 is 2.56 bits per heavy atom. The number of carbonyl (C=O) groups excluding carboxylic acids is 1. The van der Waals surface area contributed by atoms with E-state index in [1.807, 2.05) is 19.1 Å². The SMILES string of the molecule is Cc1nc(-c2cnc3cnc(NC(=O)[C@H]4CC[C@H](N5CCN(C)CC5)CC4)cc3c2)co1. The number of pyridine rings is 2. The first kappa shape index (κ1) is 21.0. The number of carbonyl (C=O) groups is 1. The average molecular weight is 435 g/mol. The van der Waals surface area contributed by atoms with Gasteiger partial charge in [0.25, 0.3) is 0 Å². The third-order valence-corrected chi connectivity index (χ3v) is 6.86. The highest BCUT2D eigenvalue weighted by atomic mass is 16.3. The predicted molar refractivity (Wildman–Crippen MR) is 123 cm³/mol. The van der Waals surface area contributed by atoms with Crippen LogP contribution in [0.1, 0.15) is 31.6 Å². The van der Waals surface area contributed by atoms with Crippen molar-refractivity contribution >= 4 is 22.6 Å². The van der Waals surface area contributed by atoms with Crippen LogP contribution in [0.2, 0.25) is 0 Å². The molecule has 4 heterocycles. The molecule has 8 nitrogen and oxygen atoms in total. The number of hydrogen-bond acceptors (Lipinski definition) is 7. The van der Waals surface area contributed by atoms with Gasteiger partial charge in [0.2, 0.25) is 5.91 Å². The number of rotatable bonds is 4. The molecule has 0 aromatic carbocycles. The first-order valence-corrected chi connectivity index (χ1v) is 11.5. The third-order valence-electron chi connectivity index (χ3n) is 6.86. The number of nitrogens with zero attached hydrogens (tertiary/aromatic N) is 5. The Balaban J connectivity index is 1.22. The van der Waals surface area contributed by atoms with Gasteiger partial charge < -0.3 is 14.6 Å². The molecule has 8 heteroatoms. The van der Waals surface area contributed by atoms with E-state index >= 15 is 0 Å². The molecule has 1 saturated heterocycles. The number of nitrogens with one attached hydrogen (secondary N) is 1. The van der Waals surface area contributed by atoms with E-state index in [2.05, 4.69) is 37.1 Å². The Bertz CT molecular complexity index is 1100. The number of fused-ring (bicyclic) bond motifs is 1. The molecule has 32 heavy (non-hydrogen) atoms. The van der Waals surface area contributed by atoms with Gasteiger partial charge in [-0.3, -0.25) is 14.7 Å². The molecule has 2 aliphatic rings. The number of likely N-dealkylation sites (N-methyl/N-ethyl adjacent to an activating group) is 1. The van der Waals surface area contributed by atoms with Gasteiger partial charge in [0, 0.05) is 62.2 Å². The minimum atomic E-state index is 0.0544. The fraction of sp³-hybridized carbons (Fsp3) is 0.500. The summed E-state index contributed by atoms with van der Waals surface area (Å²) in [5.41, 5.74) is 2.40. The summed E-state index contributed by atoms with van der Waals surface area (Å²) in [5, 5.41) is 3.94. The molecule has 0 unspecified atom stereocenters. The zero-order valence-electron chi connectivity index (χ0n) is 18.8. The van der Waals surface area contributed by atoms with Gasteiger partial charge in [0.1, 0.15) is 17.8 Å². The average Bonchev–Trinajstić information content (AvgIpc) is 3.25. The first-order chi connectivity index (χ1) is 15.5. The maximum atomic E-state index is 12.9. The van der Waals surface area contributed by atoms with E-state index in [0.29, 0.717) is 17.8 Å². The maximum absolute atomic E-state index is 12.9. The lowest BCUT2D eigenvalue weighted by Crippen LogP contribution is -2.50. The number of oxazole rings is 1. The van der Waals surface area contributed by atoms with Crippen LogP contribution in [0.5, 0.6) is 0 Å². The highest BCUT2D eigenvalue weighted by molar-refractivity contribution is 5.94. The molecule has 2 fully saturated rings. The molecule has 1 saturated carbocycles. The van der Waals surface area contributed by atoms with E-state index < -0.39 is 0 Å². The molecule has 0 spiro atoms. The van der Waals surface area contributed by atoms with Crippen LogP contribution in [-0.4, -0.2) is 69.9 Å². The van der Waals surface area contributed by atoms with E-state index in [1.165, 1.54) is 0 Å². The standard InChI is InChI=1S/C24H30N6O2/c1-16-27-22(15-32-16)19-11-18-12-23(26-14-21(18)25-13-19)28-24(31)17-3-5-20(6-4-17)30-9-7-29(2)8-10-30/h11-15,17,20H,3-10H2,1-2H3,(H,26,28,31)/t17-,20-. The van der Waals surface area contributed by atoms with Gasteiger partial charge in [-0.25, -0.2) is 9.97 Å². The summed E-state index contributed by atoms with van der Waals surface area (Å²) >= 11 is 0. The zero-order chi connectivity index (χ0) is 22.1. The predicted octanol–water partition coefficient (Wildman–Crippen LogP) is 3.34. The summed E-state index contributed by atoms with van der Waals surface area (Å²) in [4.78, 5) is 31.1. The molecule has 3 aromatic rings. The molecule has 1 aliphatic carbocycles. The number of anilines is 1. The third kappa shape index (κ3) is 4.52. The van der Waals surface area contributed by atoms with E-state index in [9.17, 15) is 4.79 Å². The molecular weight excluding hydrogens is 404 g/mol. The molecule has 3 aromatic heterocycles. The quantitative estimate of drug-likeness (QED) is 0.674. The van der Waals surface area contributed by atoms with Gasteiger partial charge in [-0.05, 0) is 44.9 Å². The lowest BCUT2D eigenvalue weighted by molar-refractivity contribution is -0.121. The molecule has 0 atom stereocenters. The van der Waals surface area contributed by atoms with Crippen molar-refractivity contribution in [3.8, 4) is 11.3 Å². The molecule has 1 N–H and O–H groups in total. The molecule has 1 amide bonds. The number of piperazine rings is 1. The molecule has 0 radical (unpaired) electrons. The molecule has 0 bridgehead atoms. The van der Waals surface area contributed by atoms with Crippen molar-refractivity contribution in [3.05, 3.63) is 36.7 Å². The number of aromatic nitrogens is 3. The summed E-state index contributed by atoms with van der Waals surface area (Å²) in [5.74, 6) is 1.31. The number of aryl methyl sites for hydroxylation is 1. The van der Waals surface area contributed by atoms with Crippen molar-refractivity contribution in [1.82, 2.24) is 24.8 Å². The fourth-order valence-electron chi connectivity index (χ4n) is 4.85. The summed E-state index contributed by atoms with van der Waals surface area (Å²) in [6.07, 6.45) is 9.15. The molecule has 168 valence electrons. The van der Waals surface area contributed by atoms with Crippen LogP contribution >= 0.6 is 0 Å². The minimum absolute atomic E-state index is 0.0544. The maximum Gasteiger partial charge on any atom is 0.228 e. The van der Waals surface area contributed by atoms with E-state index in [4.69, 9.17) is 4.42 Å². The first-order valence-electron chi connectivity index (χ1n) is 11.5. The van der Waals surface area contributed by atoms with Crippen LogP contribution in [0.3, 0.4) is 0 Å².